The highest BCUT2D eigenvalue weighted by Crippen LogP contribution is 2.62. The van der Waals surface area contributed by atoms with E-state index in [9.17, 15) is 13.2 Å². The Morgan fingerprint density at radius 2 is 1.31 bits per heavy atom. The van der Waals surface area contributed by atoms with Crippen molar-refractivity contribution in [2.24, 2.45) is 0 Å². The smallest absolute Gasteiger partial charge is 0.281 e. The highest BCUT2D eigenvalue weighted by Gasteiger charge is 2.53. The number of benzene rings is 3. The van der Waals surface area contributed by atoms with Gasteiger partial charge in [0.1, 0.15) is 0 Å². The molecule has 0 N–H and O–H groups in total. The monoisotopic (exact) mass is 351 g/mol. The zero-order valence-corrected chi connectivity index (χ0v) is 13.9. The number of hydrogen-bond donors (Lipinski definition) is 0. The van der Waals surface area contributed by atoms with E-state index in [4.69, 9.17) is 0 Å². The Hall–Kier alpha value is -2.59. The lowest BCUT2D eigenvalue weighted by Crippen LogP contribution is -2.07. The van der Waals surface area contributed by atoms with Crippen LogP contribution in [0.3, 0.4) is 0 Å². The van der Waals surface area contributed by atoms with Crippen molar-refractivity contribution >= 4 is 0 Å². The van der Waals surface area contributed by atoms with E-state index in [1.807, 2.05) is 24.3 Å². The zero-order valence-electron chi connectivity index (χ0n) is 13.9. The summed E-state index contributed by atoms with van der Waals surface area (Å²) in [5, 5.41) is 0. The molecule has 3 aromatic carbocycles. The van der Waals surface area contributed by atoms with E-state index in [-0.39, 0.29) is 12.1 Å². The minimum absolute atomic E-state index is 0.246. The van der Waals surface area contributed by atoms with E-state index in [0.29, 0.717) is 12.1 Å². The summed E-state index contributed by atoms with van der Waals surface area (Å²) in [6, 6.07) is 22.8. The van der Waals surface area contributed by atoms with Gasteiger partial charge in [-0.25, -0.2) is 0 Å². The number of fused-ring (bicyclic) bond motifs is 6. The van der Waals surface area contributed by atoms with E-state index in [1.165, 1.54) is 34.4 Å². The van der Waals surface area contributed by atoms with Gasteiger partial charge in [0.15, 0.2) is 0 Å². The van der Waals surface area contributed by atoms with Crippen molar-refractivity contribution in [3.05, 3.63) is 95.1 Å². The molecule has 0 amide bonds. The van der Waals surface area contributed by atoms with Crippen LogP contribution in [-0.4, -0.2) is 4.90 Å². The molecule has 3 atom stereocenters. The third-order valence-electron chi connectivity index (χ3n) is 5.39. The van der Waals surface area contributed by atoms with Gasteiger partial charge in [-0.15, -0.1) is 0 Å². The van der Waals surface area contributed by atoms with Gasteiger partial charge in [-0.2, -0.15) is 13.2 Å². The summed E-state index contributed by atoms with van der Waals surface area (Å²) in [5.41, 5.74) is 5.11. The van der Waals surface area contributed by atoms with E-state index in [1.54, 1.807) is 6.07 Å². The molecule has 1 saturated heterocycles. The Kier molecular flexibility index (Phi) is 3.28. The van der Waals surface area contributed by atoms with Crippen LogP contribution >= 0.6 is 0 Å². The summed E-state index contributed by atoms with van der Waals surface area (Å²) < 4.78 is 39.0. The zero-order chi connectivity index (χ0) is 17.9. The van der Waals surface area contributed by atoms with Crippen molar-refractivity contribution in [3.63, 3.8) is 0 Å². The number of halogens is 3. The first-order valence-corrected chi connectivity index (χ1v) is 8.64. The van der Waals surface area contributed by atoms with E-state index < -0.39 is 11.7 Å². The van der Waals surface area contributed by atoms with Crippen molar-refractivity contribution in [1.82, 2.24) is 4.90 Å². The number of hydrogen-bond acceptors (Lipinski definition) is 1. The highest BCUT2D eigenvalue weighted by atomic mass is 19.4. The molecule has 1 nitrogen and oxygen atoms in total. The van der Waals surface area contributed by atoms with Gasteiger partial charge in [0, 0.05) is 6.54 Å². The first-order valence-electron chi connectivity index (χ1n) is 8.64. The maximum atomic E-state index is 13.0. The van der Waals surface area contributed by atoms with Crippen molar-refractivity contribution in [1.29, 1.82) is 0 Å². The molecule has 1 aliphatic heterocycles. The fraction of sp³-hybridized carbons (Fsp3) is 0.182. The van der Waals surface area contributed by atoms with E-state index >= 15 is 0 Å². The first kappa shape index (κ1) is 15.6. The summed E-state index contributed by atoms with van der Waals surface area (Å²) in [7, 11) is 0. The lowest BCUT2D eigenvalue weighted by Gasteiger charge is -2.16. The van der Waals surface area contributed by atoms with Gasteiger partial charge in [0.25, 0.3) is 0 Å². The van der Waals surface area contributed by atoms with Gasteiger partial charge < -0.3 is 0 Å². The number of alkyl halides is 3. The molecule has 1 heterocycles. The SMILES string of the molecule is FC(F)(F)c1cccc(CN2[C@@H]3c4ccccc4-c4ccccc4[C@@H]32)c1. The van der Waals surface area contributed by atoms with Crippen molar-refractivity contribution in [2.45, 2.75) is 24.8 Å². The molecule has 4 heteroatoms. The quantitative estimate of drug-likeness (QED) is 0.513. The molecule has 3 aromatic rings. The number of nitrogens with zero attached hydrogens (tertiary/aromatic N) is 1. The lowest BCUT2D eigenvalue weighted by molar-refractivity contribution is -0.137. The summed E-state index contributed by atoms with van der Waals surface area (Å²) in [6.45, 7) is 0.516. The molecule has 1 fully saturated rings. The molecule has 5 rings (SSSR count). The molecular weight excluding hydrogens is 335 g/mol. The Morgan fingerprint density at radius 1 is 0.731 bits per heavy atom. The predicted octanol–water partition coefficient (Wildman–Crippen LogP) is 5.98. The fourth-order valence-corrected chi connectivity index (χ4v) is 4.23. The third kappa shape index (κ3) is 2.36. The molecule has 0 spiro atoms. The fourth-order valence-electron chi connectivity index (χ4n) is 4.23. The minimum atomic E-state index is -4.30. The minimum Gasteiger partial charge on any atom is -0.281 e. The van der Waals surface area contributed by atoms with E-state index in [2.05, 4.69) is 29.2 Å². The summed E-state index contributed by atoms with van der Waals surface area (Å²) in [6.07, 6.45) is -4.30. The normalized spacial score (nSPS) is 23.0. The standard InChI is InChI=1S/C22H16F3N/c23-22(24,25)15-7-5-6-14(12-15)13-26-20-18-10-3-1-8-16(18)17-9-2-4-11-19(17)21(20)26/h1-12,20-21H,13H2/t20-,21+,26?. The molecule has 2 aliphatic rings. The van der Waals surface area contributed by atoms with Gasteiger partial charge in [-0.1, -0.05) is 66.7 Å². The largest absolute Gasteiger partial charge is 0.416 e. The van der Waals surface area contributed by atoms with Crippen LogP contribution < -0.4 is 0 Å². The van der Waals surface area contributed by atoms with Gasteiger partial charge in [0.05, 0.1) is 17.6 Å². The van der Waals surface area contributed by atoms with Crippen LogP contribution in [0, 0.1) is 0 Å². The Balaban J connectivity index is 1.51. The second-order valence-corrected chi connectivity index (χ2v) is 6.93. The third-order valence-corrected chi connectivity index (χ3v) is 5.39. The van der Waals surface area contributed by atoms with E-state index in [0.717, 1.165) is 6.07 Å². The molecular formula is C22H16F3N. The molecule has 0 saturated carbocycles. The van der Waals surface area contributed by atoms with Gasteiger partial charge in [-0.05, 0) is 33.9 Å². The van der Waals surface area contributed by atoms with Crippen LogP contribution in [0.5, 0.6) is 0 Å². The molecule has 0 aromatic heterocycles. The average molecular weight is 351 g/mol. The van der Waals surface area contributed by atoms with Crippen molar-refractivity contribution in [3.8, 4) is 11.1 Å². The topological polar surface area (TPSA) is 3.01 Å². The van der Waals surface area contributed by atoms with Crippen LogP contribution in [0.1, 0.15) is 34.3 Å². The highest BCUT2D eigenvalue weighted by molar-refractivity contribution is 5.76. The maximum Gasteiger partial charge on any atom is 0.416 e. The summed E-state index contributed by atoms with van der Waals surface area (Å²) >= 11 is 0. The maximum absolute atomic E-state index is 13.0. The molecule has 1 aliphatic carbocycles. The van der Waals surface area contributed by atoms with Gasteiger partial charge in [0.2, 0.25) is 0 Å². The molecule has 0 bridgehead atoms. The second kappa shape index (κ2) is 5.45. The first-order chi connectivity index (χ1) is 12.5. The predicted molar refractivity (Wildman–Crippen MR) is 94.3 cm³/mol. The summed E-state index contributed by atoms with van der Waals surface area (Å²) in [5.74, 6) is 0. The number of rotatable bonds is 2. The molecule has 130 valence electrons. The molecule has 1 unspecified atom stereocenters. The Morgan fingerprint density at radius 3 is 1.88 bits per heavy atom. The van der Waals surface area contributed by atoms with Crippen LogP contribution in [0.25, 0.3) is 11.1 Å². The van der Waals surface area contributed by atoms with Crippen LogP contribution in [0.2, 0.25) is 0 Å². The van der Waals surface area contributed by atoms with Crippen LogP contribution in [-0.2, 0) is 12.7 Å². The lowest BCUT2D eigenvalue weighted by atomic mass is 9.86. The molecule has 26 heavy (non-hydrogen) atoms. The molecule has 0 radical (unpaired) electrons. The van der Waals surface area contributed by atoms with Gasteiger partial charge >= 0.3 is 6.18 Å². The van der Waals surface area contributed by atoms with Crippen LogP contribution in [0.15, 0.2) is 72.8 Å². The van der Waals surface area contributed by atoms with Crippen LogP contribution in [0.4, 0.5) is 13.2 Å². The van der Waals surface area contributed by atoms with Crippen molar-refractivity contribution < 1.29 is 13.2 Å². The second-order valence-electron chi connectivity index (χ2n) is 6.93. The summed E-state index contributed by atoms with van der Waals surface area (Å²) in [4.78, 5) is 2.28. The van der Waals surface area contributed by atoms with Gasteiger partial charge in [-0.3, -0.25) is 4.90 Å². The Bertz CT molecular complexity index is 941. The Labute approximate surface area is 149 Å². The van der Waals surface area contributed by atoms with Crippen molar-refractivity contribution in [2.75, 3.05) is 0 Å². The average Bonchev–Trinajstić information content (AvgIpc) is 3.36.